The van der Waals surface area contributed by atoms with Crippen molar-refractivity contribution in [3.63, 3.8) is 0 Å². The number of benzene rings is 1. The van der Waals surface area contributed by atoms with Crippen molar-refractivity contribution in [3.05, 3.63) is 35.4 Å². The van der Waals surface area contributed by atoms with Crippen LogP contribution in [0, 0.1) is 17.6 Å². The number of aliphatic hydroxyl groups is 1. The maximum absolute atomic E-state index is 13.2. The number of ether oxygens (including phenoxy) is 1. The van der Waals surface area contributed by atoms with Crippen molar-refractivity contribution in [2.45, 2.75) is 25.9 Å². The largest absolute Gasteiger partial charge is 0.466 e. The Morgan fingerprint density at radius 3 is 2.91 bits per heavy atom. The van der Waals surface area contributed by atoms with E-state index in [0.29, 0.717) is 18.7 Å². The number of piperidine rings is 1. The molecule has 2 rings (SSSR count). The summed E-state index contributed by atoms with van der Waals surface area (Å²) in [5.41, 5.74) is 0.331. The van der Waals surface area contributed by atoms with Crippen LogP contribution in [0.5, 0.6) is 0 Å². The first-order valence-corrected chi connectivity index (χ1v) is 7.53. The molecule has 1 aromatic carbocycles. The Balaban J connectivity index is 1.94. The monoisotopic (exact) mass is 313 g/mol. The number of aliphatic hydroxyl groups excluding tert-OH is 1. The fraction of sp³-hybridized carbons (Fsp3) is 0.562. The maximum Gasteiger partial charge on any atom is 0.310 e. The van der Waals surface area contributed by atoms with Crippen LogP contribution in [0.2, 0.25) is 0 Å². The van der Waals surface area contributed by atoms with E-state index in [1.165, 1.54) is 6.07 Å². The van der Waals surface area contributed by atoms with Crippen molar-refractivity contribution in [1.29, 1.82) is 0 Å². The molecule has 1 N–H and O–H groups in total. The molecule has 1 aliphatic rings. The van der Waals surface area contributed by atoms with Crippen LogP contribution in [0.3, 0.4) is 0 Å². The van der Waals surface area contributed by atoms with Gasteiger partial charge in [-0.2, -0.15) is 0 Å². The predicted octanol–water partition coefficient (Wildman–Crippen LogP) is 2.27. The van der Waals surface area contributed by atoms with Crippen LogP contribution in [0.1, 0.15) is 31.4 Å². The first kappa shape index (κ1) is 16.8. The molecule has 0 aliphatic carbocycles. The van der Waals surface area contributed by atoms with Gasteiger partial charge < -0.3 is 9.84 Å². The summed E-state index contributed by atoms with van der Waals surface area (Å²) < 4.78 is 31.2. The molecule has 0 aromatic heterocycles. The molecule has 122 valence electrons. The van der Waals surface area contributed by atoms with Crippen LogP contribution >= 0.6 is 0 Å². The lowest BCUT2D eigenvalue weighted by Crippen LogP contribution is -2.41. The average molecular weight is 313 g/mol. The van der Waals surface area contributed by atoms with E-state index in [2.05, 4.69) is 0 Å². The van der Waals surface area contributed by atoms with E-state index < -0.39 is 17.7 Å². The molecule has 0 bridgehead atoms. The van der Waals surface area contributed by atoms with Crippen molar-refractivity contribution in [3.8, 4) is 0 Å². The van der Waals surface area contributed by atoms with Crippen molar-refractivity contribution in [1.82, 2.24) is 4.90 Å². The molecule has 6 heteroatoms. The summed E-state index contributed by atoms with van der Waals surface area (Å²) >= 11 is 0. The van der Waals surface area contributed by atoms with Gasteiger partial charge in [-0.15, -0.1) is 0 Å². The van der Waals surface area contributed by atoms with Crippen LogP contribution < -0.4 is 0 Å². The standard InChI is InChI=1S/C16H21F2NO3/c1-2-22-16(21)12-4-3-7-19(9-12)10-15(20)11-5-6-13(17)14(18)8-11/h5-6,8,12,15,20H,2-4,7,9-10H2,1H3. The van der Waals surface area contributed by atoms with Gasteiger partial charge in [0.25, 0.3) is 0 Å². The number of β-amino-alcohol motifs (C(OH)–C–C–N with tert-alkyl or cyclic N) is 1. The predicted molar refractivity (Wildman–Crippen MR) is 77.1 cm³/mol. The highest BCUT2D eigenvalue weighted by Gasteiger charge is 2.28. The Bertz CT molecular complexity index is 524. The van der Waals surface area contributed by atoms with Gasteiger partial charge in [0.15, 0.2) is 11.6 Å². The molecule has 1 aliphatic heterocycles. The zero-order valence-corrected chi connectivity index (χ0v) is 12.6. The molecule has 0 amide bonds. The normalized spacial score (nSPS) is 20.6. The molecule has 0 radical (unpaired) electrons. The minimum atomic E-state index is -0.973. The Hall–Kier alpha value is -1.53. The van der Waals surface area contributed by atoms with Crippen molar-refractivity contribution >= 4 is 5.97 Å². The molecule has 22 heavy (non-hydrogen) atoms. The van der Waals surface area contributed by atoms with Gasteiger partial charge in [-0.25, -0.2) is 8.78 Å². The summed E-state index contributed by atoms with van der Waals surface area (Å²) in [6, 6.07) is 3.38. The lowest BCUT2D eigenvalue weighted by Gasteiger charge is -2.32. The number of esters is 1. The lowest BCUT2D eigenvalue weighted by atomic mass is 9.97. The van der Waals surface area contributed by atoms with E-state index >= 15 is 0 Å². The van der Waals surface area contributed by atoms with Gasteiger partial charge in [-0.3, -0.25) is 9.69 Å². The number of rotatable bonds is 5. The second kappa shape index (κ2) is 7.65. The fourth-order valence-electron chi connectivity index (χ4n) is 2.74. The molecular formula is C16H21F2NO3. The SMILES string of the molecule is CCOC(=O)C1CCCN(CC(O)c2ccc(F)c(F)c2)C1. The summed E-state index contributed by atoms with van der Waals surface area (Å²) in [7, 11) is 0. The number of halogens is 2. The van der Waals surface area contributed by atoms with Crippen LogP contribution in [-0.2, 0) is 9.53 Å². The Morgan fingerprint density at radius 2 is 2.23 bits per heavy atom. The van der Waals surface area contributed by atoms with Gasteiger partial charge in [0.2, 0.25) is 0 Å². The van der Waals surface area contributed by atoms with Gasteiger partial charge >= 0.3 is 5.97 Å². The molecule has 0 saturated carbocycles. The van der Waals surface area contributed by atoms with Gasteiger partial charge in [0, 0.05) is 13.1 Å². The number of likely N-dealkylation sites (tertiary alicyclic amines) is 1. The summed E-state index contributed by atoms with van der Waals surface area (Å²) in [4.78, 5) is 13.7. The molecule has 2 atom stereocenters. The van der Waals surface area contributed by atoms with Gasteiger partial charge in [-0.05, 0) is 44.0 Å². The quantitative estimate of drug-likeness (QED) is 0.847. The van der Waals surface area contributed by atoms with E-state index in [4.69, 9.17) is 4.74 Å². The highest BCUT2D eigenvalue weighted by Crippen LogP contribution is 2.22. The van der Waals surface area contributed by atoms with Crippen molar-refractivity contribution < 1.29 is 23.4 Å². The maximum atomic E-state index is 13.2. The van der Waals surface area contributed by atoms with Crippen molar-refractivity contribution in [2.24, 2.45) is 5.92 Å². The highest BCUT2D eigenvalue weighted by atomic mass is 19.2. The third kappa shape index (κ3) is 4.24. The van der Waals surface area contributed by atoms with E-state index in [1.54, 1.807) is 6.92 Å². The first-order valence-electron chi connectivity index (χ1n) is 7.53. The number of nitrogens with zero attached hydrogens (tertiary/aromatic N) is 1. The Kier molecular flexibility index (Phi) is 5.85. The molecule has 4 nitrogen and oxygen atoms in total. The van der Waals surface area contributed by atoms with E-state index in [9.17, 15) is 18.7 Å². The molecule has 1 heterocycles. The van der Waals surface area contributed by atoms with Gasteiger partial charge in [-0.1, -0.05) is 6.07 Å². The third-order valence-corrected chi connectivity index (χ3v) is 3.89. The number of hydrogen-bond donors (Lipinski definition) is 1. The summed E-state index contributed by atoms with van der Waals surface area (Å²) in [6.45, 7) is 3.68. The fourth-order valence-corrected chi connectivity index (χ4v) is 2.74. The van der Waals surface area contributed by atoms with Crippen LogP contribution in [-0.4, -0.2) is 42.2 Å². The summed E-state index contributed by atoms with van der Waals surface area (Å²) in [5, 5.41) is 10.2. The third-order valence-electron chi connectivity index (χ3n) is 3.89. The minimum absolute atomic E-state index is 0.189. The van der Waals surface area contributed by atoms with Gasteiger partial charge in [0.05, 0.1) is 18.6 Å². The second-order valence-electron chi connectivity index (χ2n) is 5.54. The average Bonchev–Trinajstić information content (AvgIpc) is 2.50. The van der Waals surface area contributed by atoms with Crippen LogP contribution in [0.4, 0.5) is 8.78 Å². The topological polar surface area (TPSA) is 49.8 Å². The van der Waals surface area contributed by atoms with Gasteiger partial charge in [0.1, 0.15) is 0 Å². The summed E-state index contributed by atoms with van der Waals surface area (Å²) in [5.74, 6) is -2.31. The zero-order chi connectivity index (χ0) is 16.1. The minimum Gasteiger partial charge on any atom is -0.466 e. The lowest BCUT2D eigenvalue weighted by molar-refractivity contribution is -0.150. The molecule has 1 saturated heterocycles. The van der Waals surface area contributed by atoms with Crippen LogP contribution in [0.15, 0.2) is 18.2 Å². The van der Waals surface area contributed by atoms with E-state index in [1.807, 2.05) is 4.90 Å². The first-order chi connectivity index (χ1) is 10.5. The van der Waals surface area contributed by atoms with E-state index in [0.717, 1.165) is 31.5 Å². The molecule has 1 fully saturated rings. The number of carbonyl (C=O) groups is 1. The molecular weight excluding hydrogens is 292 g/mol. The Morgan fingerprint density at radius 1 is 1.45 bits per heavy atom. The second-order valence-corrected chi connectivity index (χ2v) is 5.54. The molecule has 0 spiro atoms. The smallest absolute Gasteiger partial charge is 0.310 e. The van der Waals surface area contributed by atoms with Crippen molar-refractivity contribution in [2.75, 3.05) is 26.2 Å². The van der Waals surface area contributed by atoms with E-state index in [-0.39, 0.29) is 18.4 Å². The Labute approximate surface area is 128 Å². The van der Waals surface area contributed by atoms with Crippen LogP contribution in [0.25, 0.3) is 0 Å². The number of hydrogen-bond acceptors (Lipinski definition) is 4. The molecule has 1 aromatic rings. The number of carbonyl (C=O) groups excluding carboxylic acids is 1. The molecule has 2 unspecified atom stereocenters. The zero-order valence-electron chi connectivity index (χ0n) is 12.6. The summed E-state index contributed by atoms with van der Waals surface area (Å²) in [6.07, 6.45) is 0.695. The highest BCUT2D eigenvalue weighted by molar-refractivity contribution is 5.72.